The lowest BCUT2D eigenvalue weighted by atomic mass is 9.83. The third-order valence-electron chi connectivity index (χ3n) is 6.58. The summed E-state index contributed by atoms with van der Waals surface area (Å²) in [6.45, 7) is 3.63. The summed E-state index contributed by atoms with van der Waals surface area (Å²) in [7, 11) is 1.67. The molecule has 2 atom stereocenters. The molecule has 1 amide bonds. The maximum atomic E-state index is 14.0. The van der Waals surface area contributed by atoms with E-state index in [0.29, 0.717) is 26.2 Å². The Morgan fingerprint density at radius 1 is 1.06 bits per heavy atom. The average Bonchev–Trinajstić information content (AvgIpc) is 3.22. The highest BCUT2D eigenvalue weighted by Crippen LogP contribution is 2.42. The molecule has 4 heterocycles. The van der Waals surface area contributed by atoms with Crippen molar-refractivity contribution in [2.45, 2.75) is 24.6 Å². The van der Waals surface area contributed by atoms with Gasteiger partial charge in [0.1, 0.15) is 5.75 Å². The van der Waals surface area contributed by atoms with Crippen LogP contribution in [0.15, 0.2) is 73.3 Å². The fourth-order valence-corrected chi connectivity index (χ4v) is 5.01. The molecule has 1 spiro atoms. The third kappa shape index (κ3) is 4.34. The molecule has 33 heavy (non-hydrogen) atoms. The summed E-state index contributed by atoms with van der Waals surface area (Å²) in [4.78, 5) is 26.6. The predicted molar refractivity (Wildman–Crippen MR) is 124 cm³/mol. The Morgan fingerprint density at radius 3 is 2.73 bits per heavy atom. The number of morpholine rings is 1. The molecule has 0 bridgehead atoms. The number of hydrogen-bond donors (Lipinski definition) is 0. The third-order valence-corrected chi connectivity index (χ3v) is 6.58. The first-order valence-electron chi connectivity index (χ1n) is 11.3. The predicted octanol–water partition coefficient (Wildman–Crippen LogP) is 2.88. The van der Waals surface area contributed by atoms with Crippen LogP contribution in [0.5, 0.6) is 5.75 Å². The molecule has 2 aliphatic heterocycles. The van der Waals surface area contributed by atoms with Crippen molar-refractivity contribution in [1.82, 2.24) is 19.8 Å². The number of hydrogen-bond acceptors (Lipinski definition) is 6. The lowest BCUT2D eigenvalue weighted by Crippen LogP contribution is -2.59. The average molecular weight is 445 g/mol. The summed E-state index contributed by atoms with van der Waals surface area (Å²) in [6.07, 6.45) is 7.15. The van der Waals surface area contributed by atoms with Crippen LogP contribution in [0.1, 0.15) is 22.6 Å². The highest BCUT2D eigenvalue weighted by atomic mass is 16.5. The van der Waals surface area contributed by atoms with E-state index in [1.807, 2.05) is 53.6 Å². The maximum absolute atomic E-state index is 14.0. The zero-order chi connectivity index (χ0) is 22.7. The van der Waals surface area contributed by atoms with E-state index < -0.39 is 5.60 Å². The molecule has 3 aromatic rings. The molecule has 1 aromatic carbocycles. The van der Waals surface area contributed by atoms with Gasteiger partial charge in [0.2, 0.25) is 0 Å². The molecule has 2 aliphatic rings. The van der Waals surface area contributed by atoms with Gasteiger partial charge in [-0.25, -0.2) is 0 Å². The van der Waals surface area contributed by atoms with E-state index in [-0.39, 0.29) is 11.8 Å². The van der Waals surface area contributed by atoms with Gasteiger partial charge >= 0.3 is 0 Å². The van der Waals surface area contributed by atoms with Crippen molar-refractivity contribution >= 4 is 5.91 Å². The highest BCUT2D eigenvalue weighted by molar-refractivity contribution is 5.88. The summed E-state index contributed by atoms with van der Waals surface area (Å²) in [5, 5.41) is 0. The standard InChI is InChI=1S/C26H28N4O3/c1-32-23-6-2-4-21(14-23)16-29-18-24(22-5-3-9-28-15-22)26(19-29)25(31)30(12-13-33-26)17-20-7-10-27-11-8-20/h2-11,14-15,24H,12-13,16-19H2,1H3/t24-,26+/m0/s1. The van der Waals surface area contributed by atoms with E-state index in [0.717, 1.165) is 35.5 Å². The van der Waals surface area contributed by atoms with Gasteiger partial charge in [0.15, 0.2) is 5.60 Å². The van der Waals surface area contributed by atoms with Crippen molar-refractivity contribution in [2.24, 2.45) is 0 Å². The topological polar surface area (TPSA) is 67.8 Å². The highest BCUT2D eigenvalue weighted by Gasteiger charge is 2.56. The molecule has 2 fully saturated rings. The lowest BCUT2D eigenvalue weighted by molar-refractivity contribution is -0.173. The van der Waals surface area contributed by atoms with Crippen LogP contribution < -0.4 is 4.74 Å². The molecule has 7 nitrogen and oxygen atoms in total. The van der Waals surface area contributed by atoms with Crippen LogP contribution in [-0.4, -0.2) is 64.6 Å². The van der Waals surface area contributed by atoms with Gasteiger partial charge in [0.05, 0.1) is 13.7 Å². The molecule has 5 rings (SSSR count). The number of nitrogens with zero attached hydrogens (tertiary/aromatic N) is 4. The number of aromatic nitrogens is 2. The molecule has 7 heteroatoms. The normalized spacial score (nSPS) is 23.2. The van der Waals surface area contributed by atoms with Gasteiger partial charge in [-0.2, -0.15) is 0 Å². The number of carbonyl (C=O) groups is 1. The SMILES string of the molecule is COc1cccc(CN2C[C@@H](c3cccnc3)[C@@]3(C2)OCCN(Cc2ccncc2)C3=O)c1. The first-order valence-corrected chi connectivity index (χ1v) is 11.3. The van der Waals surface area contributed by atoms with Crippen LogP contribution in [0.2, 0.25) is 0 Å². The Bertz CT molecular complexity index is 1090. The summed E-state index contributed by atoms with van der Waals surface area (Å²) >= 11 is 0. The van der Waals surface area contributed by atoms with Gasteiger partial charge in [-0.05, 0) is 47.0 Å². The summed E-state index contributed by atoms with van der Waals surface area (Å²) in [5.41, 5.74) is 2.32. The van der Waals surface area contributed by atoms with Crippen LogP contribution in [0.3, 0.4) is 0 Å². The lowest BCUT2D eigenvalue weighted by Gasteiger charge is -2.42. The summed E-state index contributed by atoms with van der Waals surface area (Å²) in [5.74, 6) is 0.788. The molecule has 0 aliphatic carbocycles. The number of amides is 1. The van der Waals surface area contributed by atoms with Crippen LogP contribution in [0.4, 0.5) is 0 Å². The number of rotatable bonds is 6. The Kier molecular flexibility index (Phi) is 6.07. The van der Waals surface area contributed by atoms with Crippen molar-refractivity contribution in [3.05, 3.63) is 90.0 Å². The number of pyridine rings is 2. The van der Waals surface area contributed by atoms with Crippen LogP contribution >= 0.6 is 0 Å². The summed E-state index contributed by atoms with van der Waals surface area (Å²) < 4.78 is 11.8. The van der Waals surface area contributed by atoms with Gasteiger partial charge in [-0.3, -0.25) is 19.7 Å². The Labute approximate surface area is 194 Å². The molecule has 0 N–H and O–H groups in total. The van der Waals surface area contributed by atoms with Gasteiger partial charge < -0.3 is 14.4 Å². The monoisotopic (exact) mass is 444 g/mol. The number of ether oxygens (including phenoxy) is 2. The van der Waals surface area contributed by atoms with Crippen LogP contribution in [-0.2, 0) is 22.6 Å². The van der Waals surface area contributed by atoms with E-state index in [2.05, 4.69) is 20.9 Å². The number of methoxy groups -OCH3 is 1. The summed E-state index contributed by atoms with van der Waals surface area (Å²) in [6, 6.07) is 16.0. The van der Waals surface area contributed by atoms with Gasteiger partial charge in [-0.1, -0.05) is 18.2 Å². The van der Waals surface area contributed by atoms with Crippen molar-refractivity contribution in [1.29, 1.82) is 0 Å². The smallest absolute Gasteiger partial charge is 0.257 e. The zero-order valence-electron chi connectivity index (χ0n) is 18.8. The van der Waals surface area contributed by atoms with E-state index in [4.69, 9.17) is 9.47 Å². The van der Waals surface area contributed by atoms with Crippen molar-refractivity contribution in [2.75, 3.05) is 33.4 Å². The van der Waals surface area contributed by atoms with E-state index in [1.54, 1.807) is 25.7 Å². The molecular formula is C26H28N4O3. The minimum absolute atomic E-state index is 0.0487. The van der Waals surface area contributed by atoms with Gasteiger partial charge in [-0.15, -0.1) is 0 Å². The van der Waals surface area contributed by atoms with E-state index >= 15 is 0 Å². The minimum Gasteiger partial charge on any atom is -0.497 e. The fourth-order valence-electron chi connectivity index (χ4n) is 5.01. The second-order valence-electron chi connectivity index (χ2n) is 8.68. The maximum Gasteiger partial charge on any atom is 0.257 e. The van der Waals surface area contributed by atoms with Crippen molar-refractivity contribution < 1.29 is 14.3 Å². The van der Waals surface area contributed by atoms with Crippen molar-refractivity contribution in [3.8, 4) is 5.75 Å². The Morgan fingerprint density at radius 2 is 1.94 bits per heavy atom. The fraction of sp³-hybridized carbons (Fsp3) is 0.346. The molecular weight excluding hydrogens is 416 g/mol. The van der Waals surface area contributed by atoms with Gasteiger partial charge in [0, 0.05) is 63.4 Å². The van der Waals surface area contributed by atoms with Crippen LogP contribution in [0.25, 0.3) is 0 Å². The molecule has 0 unspecified atom stereocenters. The second kappa shape index (κ2) is 9.29. The zero-order valence-corrected chi connectivity index (χ0v) is 18.8. The molecule has 170 valence electrons. The Hall–Kier alpha value is -3.29. The molecule has 0 saturated carbocycles. The first kappa shape index (κ1) is 21.6. The van der Waals surface area contributed by atoms with E-state index in [1.165, 1.54) is 0 Å². The van der Waals surface area contributed by atoms with Crippen LogP contribution in [0, 0.1) is 0 Å². The van der Waals surface area contributed by atoms with Crippen molar-refractivity contribution in [3.63, 3.8) is 0 Å². The van der Waals surface area contributed by atoms with Gasteiger partial charge in [0.25, 0.3) is 5.91 Å². The second-order valence-corrected chi connectivity index (χ2v) is 8.68. The minimum atomic E-state index is -0.923. The number of carbonyl (C=O) groups excluding carboxylic acids is 1. The van der Waals surface area contributed by atoms with E-state index in [9.17, 15) is 4.79 Å². The number of benzene rings is 1. The Balaban J connectivity index is 1.44. The first-order chi connectivity index (χ1) is 16.2. The molecule has 2 saturated heterocycles. The number of likely N-dealkylation sites (tertiary alicyclic amines) is 1. The molecule has 2 aromatic heterocycles. The molecule has 0 radical (unpaired) electrons. The largest absolute Gasteiger partial charge is 0.497 e. The quantitative estimate of drug-likeness (QED) is 0.583.